The van der Waals surface area contributed by atoms with E-state index in [1.54, 1.807) is 24.3 Å². The minimum absolute atomic E-state index is 0. The van der Waals surface area contributed by atoms with E-state index in [-0.39, 0.29) is 42.7 Å². The second kappa shape index (κ2) is 13.3. The molecule has 5 nitrogen and oxygen atoms in total. The zero-order chi connectivity index (χ0) is 25.6. The summed E-state index contributed by atoms with van der Waals surface area (Å²) in [5, 5.41) is 0.638. The number of Topliss-reactive ketones (excluding diaryl/α,β-unsaturated/α-hetero) is 1. The molecular formula is C29H29ClNaO5P. The molecule has 3 aromatic carbocycles. The summed E-state index contributed by atoms with van der Waals surface area (Å²) in [6.45, 7) is 0. The van der Waals surface area contributed by atoms with E-state index in [2.05, 4.69) is 0 Å². The number of phosphoric acid groups is 1. The van der Waals surface area contributed by atoms with E-state index in [1.165, 1.54) is 0 Å². The van der Waals surface area contributed by atoms with Crippen LogP contribution in [-0.2, 0) is 33.1 Å². The Kier molecular flexibility index (Phi) is 10.7. The fourth-order valence-corrected chi connectivity index (χ4v) is 5.21. The number of hydrogen-bond acceptors (Lipinski definition) is 3. The van der Waals surface area contributed by atoms with Gasteiger partial charge in [0.25, 0.3) is 0 Å². The molecule has 0 aromatic heterocycles. The molecule has 0 spiro atoms. The summed E-state index contributed by atoms with van der Waals surface area (Å²) in [4.78, 5) is 32.8. The maximum absolute atomic E-state index is 14.4. The molecule has 8 heteroatoms. The van der Waals surface area contributed by atoms with Gasteiger partial charge in [-0.05, 0) is 48.1 Å². The maximum atomic E-state index is 14.4. The van der Waals surface area contributed by atoms with Crippen molar-refractivity contribution in [2.24, 2.45) is 11.3 Å². The molecule has 0 fully saturated rings. The molecule has 0 amide bonds. The molecule has 188 valence electrons. The molecule has 1 atom stereocenters. The molecule has 3 aromatic rings. The van der Waals surface area contributed by atoms with Crippen LogP contribution in [0.3, 0.4) is 0 Å². The Hall–Kier alpha value is -1.79. The summed E-state index contributed by atoms with van der Waals surface area (Å²) < 4.78 is 16.2. The van der Waals surface area contributed by atoms with Crippen LogP contribution in [0.4, 0.5) is 0 Å². The molecule has 0 radical (unpaired) electrons. The van der Waals surface area contributed by atoms with E-state index in [0.29, 0.717) is 24.3 Å². The van der Waals surface area contributed by atoms with Crippen LogP contribution in [0.1, 0.15) is 18.1 Å². The standard InChI is InChI=1S/C29H28ClO5P.Na.H/c30-26-13-11-23(12-14-26)20-25(19-22-7-3-1-4-8-22)28(31)29(21-24-9-5-2-6-10-24)17-15-27(16-18-29)35-36(32,33)34;;/h1-18,25,27H,19-21H2,(H2,32,33,34);;/q;+1;-1. The molecule has 4 rings (SSSR count). The number of benzene rings is 3. The van der Waals surface area contributed by atoms with E-state index < -0.39 is 19.3 Å². The Morgan fingerprint density at radius 2 is 1.35 bits per heavy atom. The van der Waals surface area contributed by atoms with Crippen LogP contribution in [0.5, 0.6) is 0 Å². The zero-order valence-corrected chi connectivity index (χ0v) is 24.3. The van der Waals surface area contributed by atoms with Crippen LogP contribution in [-0.4, -0.2) is 21.7 Å². The van der Waals surface area contributed by atoms with Crippen molar-refractivity contribution < 1.29 is 54.7 Å². The molecule has 0 bridgehead atoms. The summed E-state index contributed by atoms with van der Waals surface area (Å²) in [6.07, 6.45) is 7.20. The third-order valence-electron chi connectivity index (χ3n) is 6.31. The molecule has 0 heterocycles. The summed E-state index contributed by atoms with van der Waals surface area (Å²) in [6, 6.07) is 27.2. The summed E-state index contributed by atoms with van der Waals surface area (Å²) >= 11 is 6.08. The Morgan fingerprint density at radius 3 is 1.86 bits per heavy atom. The van der Waals surface area contributed by atoms with Gasteiger partial charge in [0.05, 0.1) is 5.41 Å². The summed E-state index contributed by atoms with van der Waals surface area (Å²) in [5.41, 5.74) is 2.07. The minimum atomic E-state index is -4.68. The maximum Gasteiger partial charge on any atom is 1.00 e. The first-order valence-electron chi connectivity index (χ1n) is 11.7. The third-order valence-corrected chi connectivity index (χ3v) is 7.08. The van der Waals surface area contributed by atoms with Crippen molar-refractivity contribution in [1.29, 1.82) is 0 Å². The Morgan fingerprint density at radius 1 is 0.865 bits per heavy atom. The van der Waals surface area contributed by atoms with E-state index in [0.717, 1.165) is 16.7 Å². The first-order chi connectivity index (χ1) is 17.2. The van der Waals surface area contributed by atoms with Gasteiger partial charge in [0.1, 0.15) is 6.10 Å². The van der Waals surface area contributed by atoms with Crippen molar-refractivity contribution in [2.75, 3.05) is 0 Å². The van der Waals surface area contributed by atoms with Gasteiger partial charge in [-0.2, -0.15) is 0 Å². The van der Waals surface area contributed by atoms with Crippen molar-refractivity contribution in [3.05, 3.63) is 131 Å². The molecule has 2 N–H and O–H groups in total. The molecule has 1 unspecified atom stereocenters. The fraction of sp³-hybridized carbons (Fsp3) is 0.207. The van der Waals surface area contributed by atoms with Gasteiger partial charge in [-0.3, -0.25) is 9.32 Å². The molecule has 1 aliphatic carbocycles. The predicted molar refractivity (Wildman–Crippen MR) is 143 cm³/mol. The average Bonchev–Trinajstić information content (AvgIpc) is 2.86. The van der Waals surface area contributed by atoms with Crippen molar-refractivity contribution in [3.63, 3.8) is 0 Å². The Bertz CT molecular complexity index is 1270. The zero-order valence-electron chi connectivity index (χ0n) is 21.6. The van der Waals surface area contributed by atoms with Crippen molar-refractivity contribution in [2.45, 2.75) is 25.4 Å². The Labute approximate surface area is 246 Å². The van der Waals surface area contributed by atoms with Crippen LogP contribution in [0.15, 0.2) is 109 Å². The quantitative estimate of drug-likeness (QED) is 0.232. The van der Waals surface area contributed by atoms with Crippen LogP contribution in [0.25, 0.3) is 0 Å². The number of halogens is 1. The number of phosphoric ester groups is 1. The molecule has 1 aliphatic rings. The molecular weight excluding hydrogens is 518 g/mol. The van der Waals surface area contributed by atoms with Crippen LogP contribution >= 0.6 is 19.4 Å². The second-order valence-corrected chi connectivity index (χ2v) is 10.7. The van der Waals surface area contributed by atoms with Crippen molar-refractivity contribution >= 4 is 25.2 Å². The van der Waals surface area contributed by atoms with Crippen LogP contribution < -0.4 is 29.6 Å². The Balaban J connectivity index is 0.00000253. The van der Waals surface area contributed by atoms with Crippen molar-refractivity contribution in [1.82, 2.24) is 0 Å². The van der Waals surface area contributed by atoms with E-state index in [4.69, 9.17) is 16.1 Å². The van der Waals surface area contributed by atoms with Gasteiger partial charge in [-0.15, -0.1) is 0 Å². The van der Waals surface area contributed by atoms with Gasteiger partial charge in [-0.1, -0.05) is 109 Å². The van der Waals surface area contributed by atoms with E-state index >= 15 is 0 Å². The number of ketones is 1. The minimum Gasteiger partial charge on any atom is -1.00 e. The predicted octanol–water partition coefficient (Wildman–Crippen LogP) is 3.26. The van der Waals surface area contributed by atoms with Gasteiger partial charge in [0.2, 0.25) is 0 Å². The number of carbonyl (C=O) groups is 1. The number of hydrogen-bond donors (Lipinski definition) is 2. The largest absolute Gasteiger partial charge is 1.00 e. The first-order valence-corrected chi connectivity index (χ1v) is 13.6. The van der Waals surface area contributed by atoms with Crippen molar-refractivity contribution in [3.8, 4) is 0 Å². The molecule has 37 heavy (non-hydrogen) atoms. The van der Waals surface area contributed by atoms with Crippen LogP contribution in [0, 0.1) is 11.3 Å². The number of allylic oxidation sites excluding steroid dienone is 2. The molecule has 0 saturated heterocycles. The molecule has 0 aliphatic heterocycles. The van der Waals surface area contributed by atoms with Crippen LogP contribution in [0.2, 0.25) is 5.02 Å². The average molecular weight is 547 g/mol. The normalized spacial score (nSPS) is 19.7. The summed E-state index contributed by atoms with van der Waals surface area (Å²) in [7, 11) is -4.68. The topological polar surface area (TPSA) is 83.8 Å². The van der Waals surface area contributed by atoms with E-state index in [9.17, 15) is 19.1 Å². The fourth-order valence-electron chi connectivity index (χ4n) is 4.63. The first kappa shape index (κ1) is 29.8. The number of rotatable bonds is 10. The number of carbonyl (C=O) groups excluding carboxylic acids is 1. The summed E-state index contributed by atoms with van der Waals surface area (Å²) in [5.74, 6) is -0.307. The second-order valence-electron chi connectivity index (χ2n) is 9.06. The monoisotopic (exact) mass is 546 g/mol. The SMILES string of the molecule is O=C(C(Cc1ccccc1)Cc1ccc(Cl)cc1)C1(Cc2ccccc2)C=CC(OP(=O)(O)O)C=C1.[H-].[Na+]. The van der Waals surface area contributed by atoms with Gasteiger partial charge in [-0.25, -0.2) is 4.57 Å². The van der Waals surface area contributed by atoms with Gasteiger partial charge in [0, 0.05) is 10.9 Å². The van der Waals surface area contributed by atoms with Gasteiger partial charge < -0.3 is 11.2 Å². The molecule has 0 saturated carbocycles. The van der Waals surface area contributed by atoms with E-state index in [1.807, 2.05) is 84.9 Å². The third kappa shape index (κ3) is 8.61. The smallest absolute Gasteiger partial charge is 1.00 e. The van der Waals surface area contributed by atoms with Gasteiger partial charge in [0.15, 0.2) is 5.78 Å². The van der Waals surface area contributed by atoms with Gasteiger partial charge >= 0.3 is 37.4 Å².